The smallest absolute Gasteiger partial charge is 0.101 e. The second-order valence-electron chi connectivity index (χ2n) is 2.66. The molecule has 0 aliphatic heterocycles. The van der Waals surface area contributed by atoms with E-state index in [1.165, 1.54) is 0 Å². The standard InChI is InChI=1S/C11H9IN/c1-3-8(2)9-5-4-6-11(12)10(9)7-13/h3-6H,1H2,2H3. The van der Waals surface area contributed by atoms with Gasteiger partial charge in [0.15, 0.2) is 0 Å². The van der Waals surface area contributed by atoms with Gasteiger partial charge in [0.2, 0.25) is 0 Å². The molecule has 0 aliphatic rings. The number of nitriles is 1. The molecule has 0 N–H and O–H groups in total. The minimum absolute atomic E-state index is 0.737. The number of halogens is 1. The lowest BCUT2D eigenvalue weighted by Crippen LogP contribution is -1.96. The van der Waals surface area contributed by atoms with Crippen LogP contribution in [0.2, 0.25) is 0 Å². The predicted molar refractivity (Wildman–Crippen MR) is 62.1 cm³/mol. The van der Waals surface area contributed by atoms with Crippen LogP contribution in [0.3, 0.4) is 0 Å². The van der Waals surface area contributed by atoms with E-state index in [-0.39, 0.29) is 0 Å². The van der Waals surface area contributed by atoms with Gasteiger partial charge in [-0.15, -0.1) is 6.58 Å². The largest absolute Gasteiger partial charge is 0.192 e. The van der Waals surface area contributed by atoms with Crippen molar-refractivity contribution in [2.75, 3.05) is 0 Å². The van der Waals surface area contributed by atoms with Crippen LogP contribution in [0.1, 0.15) is 18.1 Å². The van der Waals surface area contributed by atoms with Gasteiger partial charge in [-0.1, -0.05) is 25.1 Å². The van der Waals surface area contributed by atoms with Crippen molar-refractivity contribution in [1.82, 2.24) is 0 Å². The molecule has 2 heteroatoms. The average molecular weight is 282 g/mol. The second kappa shape index (κ2) is 4.43. The number of nitrogens with zero attached hydrogens (tertiary/aromatic N) is 1. The van der Waals surface area contributed by atoms with E-state index in [1.54, 1.807) is 6.08 Å². The van der Waals surface area contributed by atoms with Crippen LogP contribution in [0, 0.1) is 20.8 Å². The van der Waals surface area contributed by atoms with E-state index in [2.05, 4.69) is 35.2 Å². The Kier molecular flexibility index (Phi) is 3.49. The summed E-state index contributed by atoms with van der Waals surface area (Å²) in [6.45, 7) is 5.65. The lowest BCUT2D eigenvalue weighted by atomic mass is 9.97. The number of allylic oxidation sites excluding steroid dienone is 1. The fourth-order valence-electron chi connectivity index (χ4n) is 1.08. The molecule has 1 radical (unpaired) electrons. The maximum Gasteiger partial charge on any atom is 0.101 e. The first-order valence-corrected chi connectivity index (χ1v) is 4.93. The summed E-state index contributed by atoms with van der Waals surface area (Å²) in [6, 6.07) is 8.02. The van der Waals surface area contributed by atoms with Gasteiger partial charge in [-0.05, 0) is 34.2 Å². The van der Waals surface area contributed by atoms with Gasteiger partial charge in [0, 0.05) is 9.49 Å². The minimum Gasteiger partial charge on any atom is -0.192 e. The first-order valence-electron chi connectivity index (χ1n) is 3.85. The molecule has 0 saturated carbocycles. The molecule has 65 valence electrons. The van der Waals surface area contributed by atoms with Gasteiger partial charge >= 0.3 is 0 Å². The van der Waals surface area contributed by atoms with Gasteiger partial charge in [0.25, 0.3) is 0 Å². The number of benzene rings is 1. The van der Waals surface area contributed by atoms with E-state index >= 15 is 0 Å². The molecule has 1 aromatic carbocycles. The van der Waals surface area contributed by atoms with Crippen molar-refractivity contribution in [2.45, 2.75) is 6.92 Å². The van der Waals surface area contributed by atoms with Crippen LogP contribution in [0.4, 0.5) is 0 Å². The molecular weight excluding hydrogens is 273 g/mol. The van der Waals surface area contributed by atoms with Crippen molar-refractivity contribution in [3.05, 3.63) is 51.5 Å². The van der Waals surface area contributed by atoms with E-state index in [9.17, 15) is 0 Å². The van der Waals surface area contributed by atoms with Crippen LogP contribution in [-0.2, 0) is 0 Å². The number of rotatable bonds is 2. The second-order valence-corrected chi connectivity index (χ2v) is 3.82. The summed E-state index contributed by atoms with van der Waals surface area (Å²) in [5, 5.41) is 8.94. The highest BCUT2D eigenvalue weighted by atomic mass is 127. The Bertz CT molecular complexity index is 363. The third kappa shape index (κ3) is 2.10. The van der Waals surface area contributed by atoms with Crippen LogP contribution in [0.15, 0.2) is 30.9 Å². The third-order valence-corrected chi connectivity index (χ3v) is 2.76. The predicted octanol–water partition coefficient (Wildman–Crippen LogP) is 3.29. The molecule has 0 heterocycles. The van der Waals surface area contributed by atoms with E-state index in [0.717, 1.165) is 20.6 Å². The molecule has 0 spiro atoms. The summed E-state index contributed by atoms with van der Waals surface area (Å²) in [4.78, 5) is 0. The third-order valence-electron chi connectivity index (χ3n) is 1.86. The van der Waals surface area contributed by atoms with Crippen LogP contribution in [-0.4, -0.2) is 0 Å². The first-order chi connectivity index (χ1) is 6.20. The van der Waals surface area contributed by atoms with Crippen LogP contribution in [0.5, 0.6) is 0 Å². The van der Waals surface area contributed by atoms with Gasteiger partial charge in [0.1, 0.15) is 6.07 Å². The zero-order valence-corrected chi connectivity index (χ0v) is 9.50. The summed E-state index contributed by atoms with van der Waals surface area (Å²) in [5.74, 6) is 1.04. The molecule has 0 aliphatic carbocycles. The van der Waals surface area contributed by atoms with Crippen molar-refractivity contribution >= 4 is 22.6 Å². The van der Waals surface area contributed by atoms with E-state index < -0.39 is 0 Å². The Labute approximate surface area is 92.2 Å². The van der Waals surface area contributed by atoms with Gasteiger partial charge in [-0.3, -0.25) is 0 Å². The minimum atomic E-state index is 0.737. The molecule has 1 aromatic rings. The Hall–Kier alpha value is -0.820. The summed E-state index contributed by atoms with van der Waals surface area (Å²) in [5.41, 5.74) is 1.71. The highest BCUT2D eigenvalue weighted by molar-refractivity contribution is 14.1. The molecular formula is C11H9IN. The number of hydrogen-bond donors (Lipinski definition) is 0. The monoisotopic (exact) mass is 282 g/mol. The summed E-state index contributed by atoms with van der Waals surface area (Å²) >= 11 is 2.17. The fraction of sp³-hybridized carbons (Fsp3) is 0.0909. The Morgan fingerprint density at radius 3 is 2.85 bits per heavy atom. The first kappa shape index (κ1) is 10.3. The van der Waals surface area contributed by atoms with Crippen molar-refractivity contribution < 1.29 is 0 Å². The van der Waals surface area contributed by atoms with E-state index in [1.807, 2.05) is 25.1 Å². The molecule has 0 fully saturated rings. The lowest BCUT2D eigenvalue weighted by molar-refractivity contribution is 1.23. The van der Waals surface area contributed by atoms with Crippen molar-refractivity contribution in [2.24, 2.45) is 0 Å². The van der Waals surface area contributed by atoms with Gasteiger partial charge in [0.05, 0.1) is 5.56 Å². The topological polar surface area (TPSA) is 23.8 Å². The van der Waals surface area contributed by atoms with Gasteiger partial charge in [-0.25, -0.2) is 0 Å². The highest BCUT2D eigenvalue weighted by Crippen LogP contribution is 2.23. The van der Waals surface area contributed by atoms with E-state index in [4.69, 9.17) is 5.26 Å². The molecule has 0 bridgehead atoms. The van der Waals surface area contributed by atoms with Crippen molar-refractivity contribution in [3.63, 3.8) is 0 Å². The normalized spacial score (nSPS) is 9.69. The highest BCUT2D eigenvalue weighted by Gasteiger charge is 2.09. The maximum absolute atomic E-state index is 8.94. The summed E-state index contributed by atoms with van der Waals surface area (Å²) in [6.07, 6.45) is 1.77. The summed E-state index contributed by atoms with van der Waals surface area (Å²) < 4.78 is 0.985. The lowest BCUT2D eigenvalue weighted by Gasteiger charge is -2.08. The fourth-order valence-corrected chi connectivity index (χ4v) is 1.70. The zero-order valence-electron chi connectivity index (χ0n) is 7.34. The molecule has 1 rings (SSSR count). The maximum atomic E-state index is 8.94. The Morgan fingerprint density at radius 2 is 2.31 bits per heavy atom. The molecule has 0 unspecified atom stereocenters. The van der Waals surface area contributed by atoms with Crippen molar-refractivity contribution in [3.8, 4) is 6.07 Å². The van der Waals surface area contributed by atoms with Crippen LogP contribution in [0.25, 0.3) is 0 Å². The zero-order chi connectivity index (χ0) is 9.84. The molecule has 0 aromatic heterocycles. The SMILES string of the molecule is C=C[C](C)c1cccc(I)c1C#N. The molecule has 13 heavy (non-hydrogen) atoms. The molecule has 0 atom stereocenters. The van der Waals surface area contributed by atoms with Crippen LogP contribution >= 0.6 is 22.6 Å². The van der Waals surface area contributed by atoms with Gasteiger partial charge < -0.3 is 0 Å². The molecule has 0 saturated heterocycles. The summed E-state index contributed by atoms with van der Waals surface area (Å²) in [7, 11) is 0. The van der Waals surface area contributed by atoms with Gasteiger partial charge in [-0.2, -0.15) is 5.26 Å². The average Bonchev–Trinajstić information content (AvgIpc) is 2.16. The molecule has 0 amide bonds. The quantitative estimate of drug-likeness (QED) is 0.763. The molecule has 1 nitrogen and oxygen atoms in total. The number of hydrogen-bond acceptors (Lipinski definition) is 1. The van der Waals surface area contributed by atoms with Crippen LogP contribution < -0.4 is 0 Å². The Morgan fingerprint density at radius 1 is 1.62 bits per heavy atom. The Balaban J connectivity index is 3.29. The van der Waals surface area contributed by atoms with Crippen molar-refractivity contribution in [1.29, 1.82) is 5.26 Å². The van der Waals surface area contributed by atoms with E-state index in [0.29, 0.717) is 0 Å².